The molecule has 1 saturated heterocycles. The molecule has 3 heteroatoms. The van der Waals surface area contributed by atoms with Crippen LogP contribution in [-0.4, -0.2) is 54.4 Å². The van der Waals surface area contributed by atoms with Crippen LogP contribution in [0.2, 0.25) is 0 Å². The fourth-order valence-electron chi connectivity index (χ4n) is 2.52. The first kappa shape index (κ1) is 14.5. The van der Waals surface area contributed by atoms with E-state index in [2.05, 4.69) is 53.5 Å². The summed E-state index contributed by atoms with van der Waals surface area (Å²) in [7, 11) is 2.29. The highest BCUT2D eigenvalue weighted by Gasteiger charge is 2.26. The Hall–Kier alpha value is 0.400. The molecule has 0 aromatic rings. The Kier molecular flexibility index (Phi) is 5.75. The van der Waals surface area contributed by atoms with E-state index in [1.54, 1.807) is 0 Å². The van der Waals surface area contributed by atoms with Gasteiger partial charge in [0.2, 0.25) is 0 Å². The van der Waals surface area contributed by atoms with Gasteiger partial charge in [-0.15, -0.1) is 0 Å². The van der Waals surface area contributed by atoms with E-state index in [1.165, 1.54) is 39.0 Å². The van der Waals surface area contributed by atoms with E-state index in [9.17, 15) is 0 Å². The number of halogens is 1. The molecule has 0 radical (unpaired) electrons. The second kappa shape index (κ2) is 6.36. The lowest BCUT2D eigenvalue weighted by molar-refractivity contribution is 0.106. The molecule has 0 aliphatic carbocycles. The van der Waals surface area contributed by atoms with Crippen molar-refractivity contribution in [3.05, 3.63) is 0 Å². The second-order valence-electron chi connectivity index (χ2n) is 5.88. The minimum atomic E-state index is 0.386. The van der Waals surface area contributed by atoms with Crippen LogP contribution in [0.15, 0.2) is 0 Å². The molecule has 1 aliphatic heterocycles. The standard InChI is InChI=1S/C13H27BrN2/c1-5-16-8-6-12(7-9-16)15(4)11-13(2,3)10-14/h12H,5-11H2,1-4H3. The van der Waals surface area contributed by atoms with Crippen LogP contribution in [0.25, 0.3) is 0 Å². The molecule has 0 aromatic heterocycles. The molecule has 1 fully saturated rings. The highest BCUT2D eigenvalue weighted by atomic mass is 79.9. The smallest absolute Gasteiger partial charge is 0.0117 e. The summed E-state index contributed by atoms with van der Waals surface area (Å²) in [5, 5.41) is 1.08. The van der Waals surface area contributed by atoms with Gasteiger partial charge in [-0.05, 0) is 44.9 Å². The molecule has 1 heterocycles. The Bertz CT molecular complexity index is 198. The average Bonchev–Trinajstić information content (AvgIpc) is 2.28. The van der Waals surface area contributed by atoms with Crippen molar-refractivity contribution in [2.75, 3.05) is 38.6 Å². The first-order valence-electron chi connectivity index (χ1n) is 6.47. The van der Waals surface area contributed by atoms with Gasteiger partial charge in [0.05, 0.1) is 0 Å². The Morgan fingerprint density at radius 1 is 1.31 bits per heavy atom. The van der Waals surface area contributed by atoms with Crippen molar-refractivity contribution in [3.63, 3.8) is 0 Å². The van der Waals surface area contributed by atoms with Gasteiger partial charge in [-0.2, -0.15) is 0 Å². The lowest BCUT2D eigenvalue weighted by Crippen LogP contribution is -2.46. The minimum absolute atomic E-state index is 0.386. The van der Waals surface area contributed by atoms with Crippen molar-refractivity contribution >= 4 is 15.9 Å². The summed E-state index contributed by atoms with van der Waals surface area (Å²) in [6.45, 7) is 11.9. The molecule has 1 aliphatic rings. The van der Waals surface area contributed by atoms with Crippen LogP contribution in [-0.2, 0) is 0 Å². The van der Waals surface area contributed by atoms with E-state index in [0.29, 0.717) is 5.41 Å². The number of hydrogen-bond acceptors (Lipinski definition) is 2. The lowest BCUT2D eigenvalue weighted by atomic mass is 9.94. The molecular weight excluding hydrogens is 264 g/mol. The maximum absolute atomic E-state index is 3.61. The topological polar surface area (TPSA) is 6.48 Å². The predicted octanol–water partition coefficient (Wildman–Crippen LogP) is 2.82. The SMILES string of the molecule is CCN1CCC(N(C)CC(C)(C)CBr)CC1. The van der Waals surface area contributed by atoms with Gasteiger partial charge >= 0.3 is 0 Å². The van der Waals surface area contributed by atoms with Crippen LogP contribution < -0.4 is 0 Å². The van der Waals surface area contributed by atoms with E-state index in [-0.39, 0.29) is 0 Å². The molecule has 0 saturated carbocycles. The first-order valence-corrected chi connectivity index (χ1v) is 7.59. The minimum Gasteiger partial charge on any atom is -0.303 e. The van der Waals surface area contributed by atoms with Crippen molar-refractivity contribution in [3.8, 4) is 0 Å². The molecular formula is C13H27BrN2. The maximum atomic E-state index is 3.61. The fourth-order valence-corrected chi connectivity index (χ4v) is 2.70. The van der Waals surface area contributed by atoms with E-state index < -0.39 is 0 Å². The van der Waals surface area contributed by atoms with Gasteiger partial charge in [-0.3, -0.25) is 0 Å². The first-order chi connectivity index (χ1) is 7.48. The molecule has 0 amide bonds. The monoisotopic (exact) mass is 290 g/mol. The van der Waals surface area contributed by atoms with Gasteiger partial charge in [-0.1, -0.05) is 36.7 Å². The van der Waals surface area contributed by atoms with E-state index in [4.69, 9.17) is 0 Å². The normalized spacial score (nSPS) is 20.6. The zero-order chi connectivity index (χ0) is 12.2. The van der Waals surface area contributed by atoms with Crippen molar-refractivity contribution in [2.45, 2.75) is 39.7 Å². The van der Waals surface area contributed by atoms with Crippen LogP contribution in [0.3, 0.4) is 0 Å². The largest absolute Gasteiger partial charge is 0.303 e. The second-order valence-corrected chi connectivity index (χ2v) is 6.44. The van der Waals surface area contributed by atoms with Crippen LogP contribution in [0.1, 0.15) is 33.6 Å². The number of rotatable bonds is 5. The molecule has 96 valence electrons. The molecule has 0 spiro atoms. The van der Waals surface area contributed by atoms with Gasteiger partial charge in [0.15, 0.2) is 0 Å². The third-order valence-corrected chi connectivity index (χ3v) is 5.18. The van der Waals surface area contributed by atoms with Crippen molar-refractivity contribution < 1.29 is 0 Å². The van der Waals surface area contributed by atoms with Gasteiger partial charge < -0.3 is 9.80 Å². The molecule has 0 aromatic carbocycles. The van der Waals surface area contributed by atoms with Gasteiger partial charge in [-0.25, -0.2) is 0 Å². The van der Waals surface area contributed by atoms with Crippen molar-refractivity contribution in [1.29, 1.82) is 0 Å². The highest BCUT2D eigenvalue weighted by molar-refractivity contribution is 9.09. The average molecular weight is 291 g/mol. The Labute approximate surface area is 109 Å². The molecule has 2 nitrogen and oxygen atoms in total. The number of piperidine rings is 1. The summed E-state index contributed by atoms with van der Waals surface area (Å²) < 4.78 is 0. The molecule has 1 rings (SSSR count). The van der Waals surface area contributed by atoms with Gasteiger partial charge in [0, 0.05) is 17.9 Å². The molecule has 0 bridgehead atoms. The third-order valence-electron chi connectivity index (χ3n) is 3.67. The van der Waals surface area contributed by atoms with Gasteiger partial charge in [0.25, 0.3) is 0 Å². The van der Waals surface area contributed by atoms with Crippen molar-refractivity contribution in [1.82, 2.24) is 9.80 Å². The molecule has 0 N–H and O–H groups in total. The predicted molar refractivity (Wildman–Crippen MR) is 75.3 cm³/mol. The summed E-state index contributed by atoms with van der Waals surface area (Å²) in [5.74, 6) is 0. The van der Waals surface area contributed by atoms with E-state index >= 15 is 0 Å². The summed E-state index contributed by atoms with van der Waals surface area (Å²) in [6, 6.07) is 0.793. The summed E-state index contributed by atoms with van der Waals surface area (Å²) in [5.41, 5.74) is 0.386. The van der Waals surface area contributed by atoms with Crippen LogP contribution in [0.4, 0.5) is 0 Å². The molecule has 16 heavy (non-hydrogen) atoms. The number of likely N-dealkylation sites (tertiary alicyclic amines) is 1. The van der Waals surface area contributed by atoms with E-state index in [0.717, 1.165) is 11.4 Å². The zero-order valence-corrected chi connectivity index (χ0v) is 12.9. The highest BCUT2D eigenvalue weighted by Crippen LogP contribution is 2.23. The quantitative estimate of drug-likeness (QED) is 0.719. The van der Waals surface area contributed by atoms with E-state index in [1.807, 2.05) is 0 Å². The third kappa shape index (κ3) is 4.34. The summed E-state index contributed by atoms with van der Waals surface area (Å²) >= 11 is 3.61. The number of hydrogen-bond donors (Lipinski definition) is 0. The number of alkyl halides is 1. The maximum Gasteiger partial charge on any atom is 0.0117 e. The lowest BCUT2D eigenvalue weighted by Gasteiger charge is -2.39. The van der Waals surface area contributed by atoms with Crippen LogP contribution >= 0.6 is 15.9 Å². The van der Waals surface area contributed by atoms with Gasteiger partial charge in [0.1, 0.15) is 0 Å². The Morgan fingerprint density at radius 3 is 2.31 bits per heavy atom. The Morgan fingerprint density at radius 2 is 1.88 bits per heavy atom. The number of nitrogens with zero attached hydrogens (tertiary/aromatic N) is 2. The van der Waals surface area contributed by atoms with Crippen LogP contribution in [0.5, 0.6) is 0 Å². The summed E-state index contributed by atoms with van der Waals surface area (Å²) in [6.07, 6.45) is 2.67. The summed E-state index contributed by atoms with van der Waals surface area (Å²) in [4.78, 5) is 5.12. The zero-order valence-electron chi connectivity index (χ0n) is 11.3. The fraction of sp³-hybridized carbons (Fsp3) is 1.00. The Balaban J connectivity index is 2.36. The van der Waals surface area contributed by atoms with Crippen molar-refractivity contribution in [2.24, 2.45) is 5.41 Å². The van der Waals surface area contributed by atoms with Crippen LogP contribution in [0, 0.1) is 5.41 Å². The molecule has 0 atom stereocenters. The molecule has 0 unspecified atom stereocenters.